The van der Waals surface area contributed by atoms with E-state index in [1.54, 1.807) is 0 Å². The molecule has 0 aliphatic rings. The molecule has 1 N–H and O–H groups in total. The number of rotatable bonds is 3. The van der Waals surface area contributed by atoms with Gasteiger partial charge in [0.05, 0.1) is 5.92 Å². The first kappa shape index (κ1) is 13.9. The first-order valence-corrected chi connectivity index (χ1v) is 8.67. The van der Waals surface area contributed by atoms with Crippen LogP contribution in [0, 0.1) is 0 Å². The molecule has 0 aromatic heterocycles. The number of carboxylic acid groups (broad SMARTS) is 1. The molecule has 0 saturated heterocycles. The fourth-order valence-corrected chi connectivity index (χ4v) is 1.24. The summed E-state index contributed by atoms with van der Waals surface area (Å²) >= 11 is 0.778. The summed E-state index contributed by atoms with van der Waals surface area (Å²) < 4.78 is 0. The summed E-state index contributed by atoms with van der Waals surface area (Å²) in [6, 6.07) is 9.31. The summed E-state index contributed by atoms with van der Waals surface area (Å²) in [6.45, 7) is 1.88. The van der Waals surface area contributed by atoms with Crippen molar-refractivity contribution in [3.63, 3.8) is 0 Å². The Kier molecular flexibility index (Phi) is 8.10. The summed E-state index contributed by atoms with van der Waals surface area (Å²) in [4.78, 5) is 10.7. The minimum absolute atomic E-state index is 0.355. The van der Waals surface area contributed by atoms with E-state index in [0.29, 0.717) is 6.42 Å². The summed E-state index contributed by atoms with van der Waals surface area (Å²) in [6.07, 6.45) is 0.638. The van der Waals surface area contributed by atoms with E-state index in [0.717, 1.165) is 28.8 Å². The van der Waals surface area contributed by atoms with E-state index in [9.17, 15) is 4.79 Å². The molecular formula is C10H12ClHfO2. The van der Waals surface area contributed by atoms with Crippen molar-refractivity contribution in [2.45, 2.75) is 19.3 Å². The van der Waals surface area contributed by atoms with Gasteiger partial charge in [0.15, 0.2) is 0 Å². The Labute approximate surface area is 102 Å². The van der Waals surface area contributed by atoms with E-state index in [1.807, 2.05) is 37.3 Å². The van der Waals surface area contributed by atoms with Crippen LogP contribution < -0.4 is 0 Å². The third-order valence-corrected chi connectivity index (χ3v) is 1.91. The number of hydrogen-bond donors (Lipinski definition) is 1. The average Bonchev–Trinajstić information content (AvgIpc) is 2.23. The van der Waals surface area contributed by atoms with Gasteiger partial charge in [-0.05, 0) is 12.0 Å². The topological polar surface area (TPSA) is 37.3 Å². The molecule has 0 aliphatic carbocycles. The van der Waals surface area contributed by atoms with Crippen LogP contribution in [-0.4, -0.2) is 11.1 Å². The van der Waals surface area contributed by atoms with E-state index in [-0.39, 0.29) is 5.92 Å². The van der Waals surface area contributed by atoms with Crippen molar-refractivity contribution in [1.29, 1.82) is 0 Å². The minimum atomic E-state index is -0.747. The van der Waals surface area contributed by atoms with Crippen molar-refractivity contribution in [2.24, 2.45) is 0 Å². The molecule has 1 aromatic carbocycles. The third kappa shape index (κ3) is 4.38. The number of carbonyl (C=O) groups is 1. The standard InChI is InChI=1S/C10H12O2.ClH.Hf/c1-2-9(10(11)12)8-6-4-3-5-7-8;;/h3-7,9H,2H2,1H3,(H,11,12);1H;/q;;+1/p-1. The van der Waals surface area contributed by atoms with Gasteiger partial charge in [-0.25, -0.2) is 0 Å². The number of benzene rings is 1. The molecule has 1 unspecified atom stereocenters. The van der Waals surface area contributed by atoms with Gasteiger partial charge in [0.25, 0.3) is 0 Å². The molecule has 0 heterocycles. The first-order valence-electron chi connectivity index (χ1n) is 4.22. The van der Waals surface area contributed by atoms with Crippen molar-refractivity contribution in [3.8, 4) is 0 Å². The molecule has 0 radical (unpaired) electrons. The average molecular weight is 378 g/mol. The van der Waals surface area contributed by atoms with Crippen LogP contribution in [0.3, 0.4) is 0 Å². The van der Waals surface area contributed by atoms with Gasteiger partial charge in [0, 0.05) is 0 Å². The molecule has 2 nitrogen and oxygen atoms in total. The van der Waals surface area contributed by atoms with E-state index >= 15 is 0 Å². The number of halogens is 1. The van der Waals surface area contributed by atoms with E-state index in [1.165, 1.54) is 0 Å². The van der Waals surface area contributed by atoms with Gasteiger partial charge < -0.3 is 5.11 Å². The maximum atomic E-state index is 10.7. The predicted molar refractivity (Wildman–Crippen MR) is 53.0 cm³/mol. The Bertz CT molecular complexity index is 264. The Morgan fingerprint density at radius 2 is 1.93 bits per heavy atom. The Morgan fingerprint density at radius 3 is 2.29 bits per heavy atom. The molecule has 0 amide bonds. The molecule has 75 valence electrons. The fourth-order valence-electron chi connectivity index (χ4n) is 1.24. The molecule has 0 fully saturated rings. The molecule has 4 heteroatoms. The quantitative estimate of drug-likeness (QED) is 0.822. The summed E-state index contributed by atoms with van der Waals surface area (Å²) in [5, 5.41) is 8.83. The van der Waals surface area contributed by atoms with Gasteiger partial charge in [-0.1, -0.05) is 37.3 Å². The SMILES string of the molecule is CCC(C(=O)O)c1ccccc1.[Cl][Hf]. The molecule has 0 spiro atoms. The fraction of sp³-hybridized carbons (Fsp3) is 0.300. The van der Waals surface area contributed by atoms with E-state index in [4.69, 9.17) is 13.7 Å². The van der Waals surface area contributed by atoms with Crippen LogP contribution in [0.25, 0.3) is 0 Å². The van der Waals surface area contributed by atoms with Gasteiger partial charge >= 0.3 is 37.7 Å². The van der Waals surface area contributed by atoms with Crippen LogP contribution in [0.15, 0.2) is 30.3 Å². The molecular weight excluding hydrogens is 366 g/mol. The maximum absolute atomic E-state index is 10.7. The molecule has 0 bridgehead atoms. The molecule has 1 atom stereocenters. The molecule has 1 rings (SSSR count). The molecule has 0 aliphatic heterocycles. The Hall–Kier alpha value is -0.150. The number of carboxylic acids is 1. The summed E-state index contributed by atoms with van der Waals surface area (Å²) in [5.74, 6) is -1.10. The van der Waals surface area contributed by atoms with Crippen LogP contribution in [0.5, 0.6) is 0 Å². The number of hydrogen-bond acceptors (Lipinski definition) is 1. The second-order valence-electron chi connectivity index (χ2n) is 2.71. The van der Waals surface area contributed by atoms with Crippen LogP contribution in [-0.2, 0) is 28.0 Å². The predicted octanol–water partition coefficient (Wildman–Crippen LogP) is 2.95. The van der Waals surface area contributed by atoms with Crippen LogP contribution >= 0.6 is 8.58 Å². The van der Waals surface area contributed by atoms with Gasteiger partial charge in [0.2, 0.25) is 0 Å². The van der Waals surface area contributed by atoms with Crippen molar-refractivity contribution < 1.29 is 33.1 Å². The first-order chi connectivity index (χ1) is 6.75. The van der Waals surface area contributed by atoms with Crippen molar-refractivity contribution in [3.05, 3.63) is 35.9 Å². The van der Waals surface area contributed by atoms with Gasteiger partial charge in [-0.2, -0.15) is 0 Å². The van der Waals surface area contributed by atoms with Crippen LogP contribution in [0.2, 0.25) is 0 Å². The normalized spacial score (nSPS) is 10.9. The van der Waals surface area contributed by atoms with Gasteiger partial charge in [-0.15, -0.1) is 0 Å². The van der Waals surface area contributed by atoms with Crippen LogP contribution in [0.1, 0.15) is 24.8 Å². The van der Waals surface area contributed by atoms with Gasteiger partial charge in [-0.3, -0.25) is 4.79 Å². The second kappa shape index (κ2) is 8.18. The zero-order valence-electron chi connectivity index (χ0n) is 7.90. The monoisotopic (exact) mass is 379 g/mol. The van der Waals surface area contributed by atoms with E-state index < -0.39 is 5.97 Å². The second-order valence-corrected chi connectivity index (χ2v) is 2.71. The van der Waals surface area contributed by atoms with Crippen LogP contribution in [0.4, 0.5) is 0 Å². The van der Waals surface area contributed by atoms with E-state index in [2.05, 4.69) is 0 Å². The van der Waals surface area contributed by atoms with Crippen molar-refractivity contribution in [1.82, 2.24) is 0 Å². The Morgan fingerprint density at radius 1 is 1.43 bits per heavy atom. The summed E-state index contributed by atoms with van der Waals surface area (Å²) in [7, 11) is 4.78. The zero-order valence-corrected chi connectivity index (χ0v) is 12.3. The molecule has 1 aromatic rings. The van der Waals surface area contributed by atoms with Crippen molar-refractivity contribution in [2.75, 3.05) is 0 Å². The number of aliphatic carboxylic acids is 1. The summed E-state index contributed by atoms with van der Waals surface area (Å²) in [5.41, 5.74) is 0.882. The van der Waals surface area contributed by atoms with Gasteiger partial charge in [0.1, 0.15) is 0 Å². The third-order valence-electron chi connectivity index (χ3n) is 1.91. The molecule has 14 heavy (non-hydrogen) atoms. The zero-order chi connectivity index (χ0) is 11.0. The Balaban J connectivity index is 0.000000791. The molecule has 0 saturated carbocycles. The van der Waals surface area contributed by atoms with Crippen molar-refractivity contribution >= 4 is 14.5 Å².